The number of hydrogen-bond acceptors (Lipinski definition) is 3. The van der Waals surface area contributed by atoms with E-state index in [1.165, 1.54) is 0 Å². The average molecular weight is 276 g/mol. The Morgan fingerprint density at radius 2 is 2.05 bits per heavy atom. The molecule has 1 saturated heterocycles. The molecule has 0 aromatic heterocycles. The van der Waals surface area contributed by atoms with Gasteiger partial charge in [-0.15, -0.1) is 0 Å². The van der Waals surface area contributed by atoms with Crippen molar-refractivity contribution < 1.29 is 14.3 Å². The molecule has 1 aromatic carbocycles. The normalized spacial score (nSPS) is 20.7. The van der Waals surface area contributed by atoms with Gasteiger partial charge < -0.3 is 15.0 Å². The fraction of sp³-hybridized carbons (Fsp3) is 0.467. The van der Waals surface area contributed by atoms with Crippen LogP contribution in [0.1, 0.15) is 24.9 Å². The summed E-state index contributed by atoms with van der Waals surface area (Å²) in [5.74, 6) is -0.201. The molecule has 0 bridgehead atoms. The Bertz CT molecular complexity index is 475. The standard InChI is InChI=1S/C15H20N2O3/c1-3-12(10-20-2)17-13(18)9-16-15(19)14(17)11-7-5-4-6-8-11/h4-8,12,14H,3,9-10H2,1-2H3,(H,16,19). The second kappa shape index (κ2) is 6.52. The summed E-state index contributed by atoms with van der Waals surface area (Å²) in [5, 5.41) is 2.66. The highest BCUT2D eigenvalue weighted by Crippen LogP contribution is 2.27. The van der Waals surface area contributed by atoms with Crippen molar-refractivity contribution >= 4 is 11.8 Å². The second-order valence-electron chi connectivity index (χ2n) is 4.85. The summed E-state index contributed by atoms with van der Waals surface area (Å²) < 4.78 is 5.19. The molecule has 2 unspecified atom stereocenters. The minimum Gasteiger partial charge on any atom is -0.383 e. The molecule has 2 atom stereocenters. The predicted molar refractivity (Wildman–Crippen MR) is 75.0 cm³/mol. The molecule has 0 aliphatic carbocycles. The van der Waals surface area contributed by atoms with Crippen molar-refractivity contribution in [3.05, 3.63) is 35.9 Å². The van der Waals surface area contributed by atoms with Crippen LogP contribution in [0.3, 0.4) is 0 Å². The van der Waals surface area contributed by atoms with Crippen molar-refractivity contribution in [1.82, 2.24) is 10.2 Å². The first-order valence-electron chi connectivity index (χ1n) is 6.81. The summed E-state index contributed by atoms with van der Waals surface area (Å²) in [6.07, 6.45) is 0.746. The van der Waals surface area contributed by atoms with Gasteiger partial charge in [-0.3, -0.25) is 9.59 Å². The number of nitrogens with one attached hydrogen (secondary N) is 1. The van der Waals surface area contributed by atoms with Gasteiger partial charge in [0.25, 0.3) is 0 Å². The van der Waals surface area contributed by atoms with E-state index in [-0.39, 0.29) is 24.4 Å². The predicted octanol–water partition coefficient (Wildman–Crippen LogP) is 1.11. The maximum Gasteiger partial charge on any atom is 0.247 e. The van der Waals surface area contributed by atoms with E-state index >= 15 is 0 Å². The summed E-state index contributed by atoms with van der Waals surface area (Å²) in [7, 11) is 1.61. The molecule has 1 aromatic rings. The van der Waals surface area contributed by atoms with Gasteiger partial charge in [-0.1, -0.05) is 37.3 Å². The van der Waals surface area contributed by atoms with Crippen LogP contribution >= 0.6 is 0 Å². The number of carbonyl (C=O) groups is 2. The van der Waals surface area contributed by atoms with E-state index in [9.17, 15) is 9.59 Å². The first kappa shape index (κ1) is 14.5. The Labute approximate surface area is 118 Å². The van der Waals surface area contributed by atoms with Gasteiger partial charge in [0.05, 0.1) is 19.2 Å². The largest absolute Gasteiger partial charge is 0.383 e. The Hall–Kier alpha value is -1.88. The van der Waals surface area contributed by atoms with Crippen LogP contribution in [0.15, 0.2) is 30.3 Å². The van der Waals surface area contributed by atoms with Gasteiger partial charge in [-0.2, -0.15) is 0 Å². The molecule has 2 rings (SSSR count). The average Bonchev–Trinajstić information content (AvgIpc) is 2.48. The van der Waals surface area contributed by atoms with E-state index in [1.54, 1.807) is 12.0 Å². The number of carbonyl (C=O) groups excluding carboxylic acids is 2. The Morgan fingerprint density at radius 3 is 2.65 bits per heavy atom. The molecular weight excluding hydrogens is 256 g/mol. The van der Waals surface area contributed by atoms with Gasteiger partial charge >= 0.3 is 0 Å². The zero-order chi connectivity index (χ0) is 14.5. The van der Waals surface area contributed by atoms with Crippen molar-refractivity contribution in [3.63, 3.8) is 0 Å². The SMILES string of the molecule is CCC(COC)N1C(=O)CNC(=O)C1c1ccccc1. The van der Waals surface area contributed by atoms with E-state index in [0.29, 0.717) is 6.61 Å². The molecule has 108 valence electrons. The van der Waals surface area contributed by atoms with E-state index in [1.807, 2.05) is 37.3 Å². The van der Waals surface area contributed by atoms with Crippen LogP contribution in [-0.4, -0.2) is 43.0 Å². The maximum absolute atomic E-state index is 12.3. The summed E-state index contributed by atoms with van der Waals surface area (Å²) in [5.41, 5.74) is 0.826. The lowest BCUT2D eigenvalue weighted by Gasteiger charge is -2.40. The van der Waals surface area contributed by atoms with Crippen molar-refractivity contribution in [3.8, 4) is 0 Å². The van der Waals surface area contributed by atoms with Crippen molar-refractivity contribution in [2.45, 2.75) is 25.4 Å². The van der Waals surface area contributed by atoms with Crippen LogP contribution in [0.25, 0.3) is 0 Å². The van der Waals surface area contributed by atoms with Crippen LogP contribution in [-0.2, 0) is 14.3 Å². The third kappa shape index (κ3) is 2.82. The second-order valence-corrected chi connectivity index (χ2v) is 4.85. The van der Waals surface area contributed by atoms with E-state index in [2.05, 4.69) is 5.32 Å². The highest BCUT2D eigenvalue weighted by molar-refractivity contribution is 5.95. The third-order valence-corrected chi connectivity index (χ3v) is 3.57. The summed E-state index contributed by atoms with van der Waals surface area (Å²) in [6, 6.07) is 8.71. The zero-order valence-corrected chi connectivity index (χ0v) is 11.8. The molecule has 5 nitrogen and oxygen atoms in total. The van der Waals surface area contributed by atoms with Gasteiger partial charge in [0.15, 0.2) is 0 Å². The number of ether oxygens (including phenoxy) is 1. The first-order valence-corrected chi connectivity index (χ1v) is 6.81. The molecule has 20 heavy (non-hydrogen) atoms. The summed E-state index contributed by atoms with van der Waals surface area (Å²) in [4.78, 5) is 26.1. The minimum atomic E-state index is -0.572. The van der Waals surface area contributed by atoms with Crippen LogP contribution in [0.4, 0.5) is 0 Å². The van der Waals surface area contributed by atoms with Crippen LogP contribution in [0.5, 0.6) is 0 Å². The third-order valence-electron chi connectivity index (χ3n) is 3.57. The fourth-order valence-electron chi connectivity index (χ4n) is 2.57. The van der Waals surface area contributed by atoms with Gasteiger partial charge in [-0.05, 0) is 12.0 Å². The smallest absolute Gasteiger partial charge is 0.247 e. The van der Waals surface area contributed by atoms with E-state index < -0.39 is 6.04 Å². The van der Waals surface area contributed by atoms with E-state index in [4.69, 9.17) is 4.74 Å². The lowest BCUT2D eigenvalue weighted by molar-refractivity contribution is -0.150. The fourth-order valence-corrected chi connectivity index (χ4v) is 2.57. The number of methoxy groups -OCH3 is 1. The lowest BCUT2D eigenvalue weighted by Crippen LogP contribution is -2.57. The molecule has 1 heterocycles. The quantitative estimate of drug-likeness (QED) is 0.876. The lowest BCUT2D eigenvalue weighted by atomic mass is 9.99. The molecule has 0 saturated carbocycles. The molecule has 1 fully saturated rings. The molecular formula is C15H20N2O3. The number of hydrogen-bond donors (Lipinski definition) is 1. The molecule has 1 aliphatic heterocycles. The van der Waals surface area contributed by atoms with Gasteiger partial charge in [0.2, 0.25) is 11.8 Å². The number of nitrogens with zero attached hydrogens (tertiary/aromatic N) is 1. The van der Waals surface area contributed by atoms with Crippen molar-refractivity contribution in [2.75, 3.05) is 20.3 Å². The monoisotopic (exact) mass is 276 g/mol. The Kier molecular flexibility index (Phi) is 4.74. The summed E-state index contributed by atoms with van der Waals surface area (Å²) >= 11 is 0. The van der Waals surface area contributed by atoms with Crippen molar-refractivity contribution in [1.29, 1.82) is 0 Å². The van der Waals surface area contributed by atoms with Gasteiger partial charge in [0, 0.05) is 7.11 Å². The van der Waals surface area contributed by atoms with Crippen LogP contribution in [0.2, 0.25) is 0 Å². The molecule has 1 N–H and O–H groups in total. The number of rotatable bonds is 5. The molecule has 5 heteroatoms. The Morgan fingerprint density at radius 1 is 1.35 bits per heavy atom. The number of benzene rings is 1. The van der Waals surface area contributed by atoms with Crippen LogP contribution in [0, 0.1) is 0 Å². The van der Waals surface area contributed by atoms with Gasteiger partial charge in [0.1, 0.15) is 6.04 Å². The molecule has 0 spiro atoms. The maximum atomic E-state index is 12.3. The minimum absolute atomic E-state index is 0.0579. The van der Waals surface area contributed by atoms with E-state index in [0.717, 1.165) is 12.0 Å². The van der Waals surface area contributed by atoms with Crippen molar-refractivity contribution in [2.24, 2.45) is 0 Å². The van der Waals surface area contributed by atoms with Crippen LogP contribution < -0.4 is 5.32 Å². The topological polar surface area (TPSA) is 58.6 Å². The first-order chi connectivity index (χ1) is 9.69. The molecule has 0 radical (unpaired) electrons. The Balaban J connectivity index is 2.36. The highest BCUT2D eigenvalue weighted by atomic mass is 16.5. The van der Waals surface area contributed by atoms with Gasteiger partial charge in [-0.25, -0.2) is 0 Å². The highest BCUT2D eigenvalue weighted by Gasteiger charge is 2.39. The molecule has 1 aliphatic rings. The molecule has 2 amide bonds. The number of amides is 2. The zero-order valence-electron chi connectivity index (χ0n) is 11.8. The summed E-state index contributed by atoms with van der Waals surface area (Å²) in [6.45, 7) is 2.48. The number of piperazine rings is 1.